The Bertz CT molecular complexity index is 510. The van der Waals surface area contributed by atoms with E-state index in [1.54, 1.807) is 18.2 Å². The molecule has 0 saturated heterocycles. The molecule has 2 atom stereocenters. The third-order valence-electron chi connectivity index (χ3n) is 4.37. The summed E-state index contributed by atoms with van der Waals surface area (Å²) in [7, 11) is 0. The number of rotatable bonds is 5. The van der Waals surface area contributed by atoms with E-state index in [0.29, 0.717) is 24.7 Å². The average Bonchev–Trinajstić information content (AvgIpc) is 2.48. The first-order valence-electron chi connectivity index (χ1n) is 7.49. The van der Waals surface area contributed by atoms with Crippen molar-refractivity contribution in [1.29, 1.82) is 0 Å². The van der Waals surface area contributed by atoms with Crippen LogP contribution in [0.2, 0.25) is 5.02 Å². The van der Waals surface area contributed by atoms with Crippen molar-refractivity contribution in [2.24, 2.45) is 11.7 Å². The number of hydrogen-bond acceptors (Lipinski definition) is 4. The maximum Gasteiger partial charge on any atom is 0.310 e. The van der Waals surface area contributed by atoms with Gasteiger partial charge in [-0.1, -0.05) is 30.5 Å². The molecule has 6 heteroatoms. The van der Waals surface area contributed by atoms with E-state index in [-0.39, 0.29) is 21.7 Å². The number of hydrogen-bond donors (Lipinski definition) is 1. The van der Waals surface area contributed by atoms with E-state index in [4.69, 9.17) is 17.3 Å². The van der Waals surface area contributed by atoms with Crippen molar-refractivity contribution in [3.8, 4) is 0 Å². The lowest BCUT2D eigenvalue weighted by atomic mass is 9.83. The Hall–Kier alpha value is -1.33. The zero-order chi connectivity index (χ0) is 15.4. The lowest BCUT2D eigenvalue weighted by molar-refractivity contribution is -0.384. The van der Waals surface area contributed by atoms with Gasteiger partial charge >= 0.3 is 5.69 Å². The van der Waals surface area contributed by atoms with Crippen LogP contribution in [0.25, 0.3) is 0 Å². The Morgan fingerprint density at radius 3 is 2.76 bits per heavy atom. The van der Waals surface area contributed by atoms with Crippen LogP contribution in [0, 0.1) is 16.0 Å². The van der Waals surface area contributed by atoms with E-state index in [9.17, 15) is 10.1 Å². The molecule has 1 aliphatic carbocycles. The summed E-state index contributed by atoms with van der Waals surface area (Å²) < 4.78 is 0. The highest BCUT2D eigenvalue weighted by molar-refractivity contribution is 6.33. The highest BCUT2D eigenvalue weighted by Crippen LogP contribution is 2.39. The van der Waals surface area contributed by atoms with Gasteiger partial charge in [0.05, 0.1) is 4.92 Å². The summed E-state index contributed by atoms with van der Waals surface area (Å²) in [5.74, 6) is 0.386. The van der Waals surface area contributed by atoms with Gasteiger partial charge in [-0.15, -0.1) is 0 Å². The minimum Gasteiger partial charge on any atom is -0.363 e. The van der Waals surface area contributed by atoms with E-state index < -0.39 is 0 Å². The lowest BCUT2D eigenvalue weighted by Crippen LogP contribution is -2.45. The molecule has 1 aromatic carbocycles. The molecule has 0 aromatic heterocycles. The van der Waals surface area contributed by atoms with Crippen LogP contribution < -0.4 is 10.6 Å². The fourth-order valence-electron chi connectivity index (χ4n) is 3.37. The summed E-state index contributed by atoms with van der Waals surface area (Å²) in [6.07, 6.45) is 4.45. The summed E-state index contributed by atoms with van der Waals surface area (Å²) in [6, 6.07) is 5.38. The molecule has 21 heavy (non-hydrogen) atoms. The number of nitro benzene ring substituents is 1. The predicted molar refractivity (Wildman–Crippen MR) is 85.9 cm³/mol. The summed E-state index contributed by atoms with van der Waals surface area (Å²) >= 11 is 6.04. The van der Waals surface area contributed by atoms with Crippen molar-refractivity contribution >= 4 is 23.0 Å². The minimum atomic E-state index is -0.388. The monoisotopic (exact) mass is 311 g/mol. The number of para-hydroxylation sites is 1. The molecule has 0 heterocycles. The molecule has 1 fully saturated rings. The molecule has 2 N–H and O–H groups in total. The Kier molecular flexibility index (Phi) is 5.42. The molecule has 1 aromatic rings. The van der Waals surface area contributed by atoms with Crippen LogP contribution >= 0.6 is 11.6 Å². The maximum atomic E-state index is 11.4. The zero-order valence-corrected chi connectivity index (χ0v) is 13.1. The van der Waals surface area contributed by atoms with E-state index in [2.05, 4.69) is 4.90 Å². The van der Waals surface area contributed by atoms with Crippen LogP contribution in [-0.4, -0.2) is 24.1 Å². The van der Waals surface area contributed by atoms with Crippen LogP contribution in [-0.2, 0) is 0 Å². The highest BCUT2D eigenvalue weighted by atomic mass is 35.5. The molecule has 0 amide bonds. The minimum absolute atomic E-state index is 0.00219. The Morgan fingerprint density at radius 1 is 1.43 bits per heavy atom. The zero-order valence-electron chi connectivity index (χ0n) is 12.3. The molecule has 116 valence electrons. The molecule has 0 radical (unpaired) electrons. The SMILES string of the molecule is CCN(c1cccc(Cl)c1[N+](=O)[O-])C1CCCCC1CN. The van der Waals surface area contributed by atoms with Gasteiger partial charge in [-0.05, 0) is 44.4 Å². The van der Waals surface area contributed by atoms with Crippen LogP contribution in [0.3, 0.4) is 0 Å². The van der Waals surface area contributed by atoms with Crippen molar-refractivity contribution < 1.29 is 4.92 Å². The number of nitro groups is 1. The first-order chi connectivity index (χ1) is 10.1. The second kappa shape index (κ2) is 7.09. The molecule has 5 nitrogen and oxygen atoms in total. The highest BCUT2D eigenvalue weighted by Gasteiger charge is 2.32. The second-order valence-electron chi connectivity index (χ2n) is 5.50. The largest absolute Gasteiger partial charge is 0.363 e. The molecular formula is C15H22ClN3O2. The third-order valence-corrected chi connectivity index (χ3v) is 4.68. The van der Waals surface area contributed by atoms with E-state index in [1.165, 1.54) is 6.42 Å². The number of benzene rings is 1. The van der Waals surface area contributed by atoms with Crippen molar-refractivity contribution in [3.05, 3.63) is 33.3 Å². The molecule has 0 aliphatic heterocycles. The number of nitrogens with two attached hydrogens (primary N) is 1. The summed E-state index contributed by atoms with van der Waals surface area (Å²) in [5, 5.41) is 11.6. The topological polar surface area (TPSA) is 72.4 Å². The van der Waals surface area contributed by atoms with Crippen LogP contribution in [0.4, 0.5) is 11.4 Å². The number of halogens is 1. The lowest BCUT2D eigenvalue weighted by Gasteiger charge is -2.40. The van der Waals surface area contributed by atoms with Gasteiger partial charge in [0.1, 0.15) is 10.7 Å². The van der Waals surface area contributed by atoms with Gasteiger partial charge < -0.3 is 10.6 Å². The molecule has 1 aliphatic rings. The third kappa shape index (κ3) is 3.30. The van der Waals surface area contributed by atoms with Gasteiger partial charge in [-0.3, -0.25) is 10.1 Å². The van der Waals surface area contributed by atoms with Gasteiger partial charge in [0.25, 0.3) is 0 Å². The van der Waals surface area contributed by atoms with Crippen LogP contribution in [0.1, 0.15) is 32.6 Å². The molecular weight excluding hydrogens is 290 g/mol. The van der Waals surface area contributed by atoms with Gasteiger partial charge in [-0.25, -0.2) is 0 Å². The van der Waals surface area contributed by atoms with Crippen LogP contribution in [0.15, 0.2) is 18.2 Å². The van der Waals surface area contributed by atoms with Gasteiger partial charge in [0.2, 0.25) is 0 Å². The second-order valence-corrected chi connectivity index (χ2v) is 5.91. The van der Waals surface area contributed by atoms with E-state index in [0.717, 1.165) is 19.3 Å². The van der Waals surface area contributed by atoms with Gasteiger partial charge in [0.15, 0.2) is 0 Å². The summed E-state index contributed by atoms with van der Waals surface area (Å²) in [6.45, 7) is 3.35. The van der Waals surface area contributed by atoms with Crippen molar-refractivity contribution in [2.75, 3.05) is 18.0 Å². The fraction of sp³-hybridized carbons (Fsp3) is 0.600. The van der Waals surface area contributed by atoms with E-state index >= 15 is 0 Å². The smallest absolute Gasteiger partial charge is 0.310 e. The first kappa shape index (κ1) is 16.0. The maximum absolute atomic E-state index is 11.4. The molecule has 0 spiro atoms. The van der Waals surface area contributed by atoms with Crippen molar-refractivity contribution in [2.45, 2.75) is 38.6 Å². The number of anilines is 1. The normalized spacial score (nSPS) is 22.0. The average molecular weight is 312 g/mol. The fourth-order valence-corrected chi connectivity index (χ4v) is 3.61. The van der Waals surface area contributed by atoms with Crippen molar-refractivity contribution in [3.63, 3.8) is 0 Å². The quantitative estimate of drug-likeness (QED) is 0.666. The predicted octanol–water partition coefficient (Wildman–Crippen LogP) is 3.59. The molecule has 0 bridgehead atoms. The van der Waals surface area contributed by atoms with E-state index in [1.807, 2.05) is 6.92 Å². The Morgan fingerprint density at radius 2 is 2.14 bits per heavy atom. The summed E-state index contributed by atoms with van der Waals surface area (Å²) in [5.41, 5.74) is 6.52. The number of nitrogens with zero attached hydrogens (tertiary/aromatic N) is 2. The molecule has 2 unspecified atom stereocenters. The molecule has 2 rings (SSSR count). The standard InChI is InChI=1S/C15H22ClN3O2/c1-2-18(13-8-4-3-6-11(13)10-17)14-9-5-7-12(16)15(14)19(20)21/h5,7,9,11,13H,2-4,6,8,10,17H2,1H3. The molecule has 1 saturated carbocycles. The summed E-state index contributed by atoms with van der Waals surface area (Å²) in [4.78, 5) is 13.1. The van der Waals surface area contributed by atoms with Gasteiger partial charge in [-0.2, -0.15) is 0 Å². The van der Waals surface area contributed by atoms with Crippen molar-refractivity contribution in [1.82, 2.24) is 0 Å². The Balaban J connectivity index is 2.41. The van der Waals surface area contributed by atoms with Gasteiger partial charge in [0, 0.05) is 12.6 Å². The Labute approximate surface area is 130 Å². The first-order valence-corrected chi connectivity index (χ1v) is 7.87. The van der Waals surface area contributed by atoms with Crippen LogP contribution in [0.5, 0.6) is 0 Å².